The summed E-state index contributed by atoms with van der Waals surface area (Å²) in [6, 6.07) is 2.97. The van der Waals surface area contributed by atoms with Gasteiger partial charge >= 0.3 is 0 Å². The van der Waals surface area contributed by atoms with Crippen LogP contribution in [0.4, 0.5) is 5.69 Å². The van der Waals surface area contributed by atoms with Crippen LogP contribution >= 0.6 is 0 Å². The van der Waals surface area contributed by atoms with Gasteiger partial charge in [-0.1, -0.05) is 5.92 Å². The van der Waals surface area contributed by atoms with Crippen molar-refractivity contribution in [3.63, 3.8) is 0 Å². The van der Waals surface area contributed by atoms with E-state index >= 15 is 0 Å². The van der Waals surface area contributed by atoms with Gasteiger partial charge in [-0.3, -0.25) is 15.1 Å². The SMILES string of the molecule is C#CC(C)c1ccc([N+](=O)[O-])cn1. The molecule has 1 unspecified atom stereocenters. The van der Waals surface area contributed by atoms with Crippen molar-refractivity contribution < 1.29 is 4.92 Å². The Morgan fingerprint density at radius 2 is 2.38 bits per heavy atom. The summed E-state index contributed by atoms with van der Waals surface area (Å²) in [5, 5.41) is 10.3. The van der Waals surface area contributed by atoms with Crippen molar-refractivity contribution in [1.29, 1.82) is 0 Å². The monoisotopic (exact) mass is 176 g/mol. The van der Waals surface area contributed by atoms with Crippen LogP contribution in [0.1, 0.15) is 18.5 Å². The number of terminal acetylenes is 1. The summed E-state index contributed by atoms with van der Waals surface area (Å²) in [6.45, 7) is 1.81. The Kier molecular flexibility index (Phi) is 2.60. The Labute approximate surface area is 75.8 Å². The molecule has 0 aliphatic heterocycles. The van der Waals surface area contributed by atoms with Gasteiger partial charge in [0, 0.05) is 6.07 Å². The van der Waals surface area contributed by atoms with Crippen LogP contribution < -0.4 is 0 Å². The molecule has 0 saturated heterocycles. The third kappa shape index (κ3) is 2.03. The van der Waals surface area contributed by atoms with Crippen LogP contribution in [0.2, 0.25) is 0 Å². The number of aromatic nitrogens is 1. The highest BCUT2D eigenvalue weighted by atomic mass is 16.6. The van der Waals surface area contributed by atoms with Crippen LogP contribution in [0, 0.1) is 22.5 Å². The van der Waals surface area contributed by atoms with Gasteiger partial charge in [-0.2, -0.15) is 0 Å². The van der Waals surface area contributed by atoms with E-state index < -0.39 is 4.92 Å². The van der Waals surface area contributed by atoms with E-state index in [-0.39, 0.29) is 11.6 Å². The second-order valence-corrected chi connectivity index (χ2v) is 2.59. The van der Waals surface area contributed by atoms with E-state index in [4.69, 9.17) is 6.42 Å². The summed E-state index contributed by atoms with van der Waals surface area (Å²) in [5.41, 5.74) is 0.654. The molecule has 0 saturated carbocycles. The Hall–Kier alpha value is -1.89. The summed E-state index contributed by atoms with van der Waals surface area (Å²) in [6.07, 6.45) is 6.39. The Morgan fingerprint density at radius 3 is 2.77 bits per heavy atom. The van der Waals surface area contributed by atoms with E-state index in [9.17, 15) is 10.1 Å². The first-order valence-corrected chi connectivity index (χ1v) is 3.71. The normalized spacial score (nSPS) is 11.7. The Morgan fingerprint density at radius 1 is 1.69 bits per heavy atom. The maximum atomic E-state index is 10.3. The molecule has 0 amide bonds. The average Bonchev–Trinajstić information content (AvgIpc) is 2.17. The molecule has 1 rings (SSSR count). The second kappa shape index (κ2) is 3.68. The Balaban J connectivity index is 2.95. The molecule has 4 heteroatoms. The fraction of sp³-hybridized carbons (Fsp3) is 0.222. The first-order valence-electron chi connectivity index (χ1n) is 3.71. The summed E-state index contributed by atoms with van der Waals surface area (Å²) < 4.78 is 0. The van der Waals surface area contributed by atoms with Crippen LogP contribution in [0.3, 0.4) is 0 Å². The standard InChI is InChI=1S/C9H8N2O2/c1-3-7(2)9-5-4-8(6-10-9)11(12)13/h1,4-7H,2H3. The van der Waals surface area contributed by atoms with Crippen molar-refractivity contribution >= 4 is 5.69 Å². The van der Waals surface area contributed by atoms with Gasteiger partial charge in [0.15, 0.2) is 0 Å². The van der Waals surface area contributed by atoms with E-state index in [0.29, 0.717) is 5.69 Å². The molecule has 0 aliphatic carbocycles. The van der Waals surface area contributed by atoms with Gasteiger partial charge in [0.1, 0.15) is 6.20 Å². The van der Waals surface area contributed by atoms with Gasteiger partial charge in [0.05, 0.1) is 16.5 Å². The van der Waals surface area contributed by atoms with Crippen molar-refractivity contribution in [2.24, 2.45) is 0 Å². The highest BCUT2D eigenvalue weighted by molar-refractivity contribution is 5.29. The number of hydrogen-bond acceptors (Lipinski definition) is 3. The predicted octanol–water partition coefficient (Wildman–Crippen LogP) is 1.73. The molecule has 13 heavy (non-hydrogen) atoms. The van der Waals surface area contributed by atoms with Crippen LogP contribution in [-0.4, -0.2) is 9.91 Å². The molecule has 0 fully saturated rings. The van der Waals surface area contributed by atoms with Crippen LogP contribution in [0.5, 0.6) is 0 Å². The van der Waals surface area contributed by atoms with E-state index in [1.165, 1.54) is 12.3 Å². The number of hydrogen-bond donors (Lipinski definition) is 0. The van der Waals surface area contributed by atoms with E-state index in [2.05, 4.69) is 10.9 Å². The van der Waals surface area contributed by atoms with Crippen molar-refractivity contribution in [3.8, 4) is 12.3 Å². The summed E-state index contributed by atoms with van der Waals surface area (Å²) in [7, 11) is 0. The van der Waals surface area contributed by atoms with Crippen LogP contribution in [-0.2, 0) is 0 Å². The highest BCUT2D eigenvalue weighted by Crippen LogP contribution is 2.14. The predicted molar refractivity (Wildman–Crippen MR) is 48.1 cm³/mol. The molecule has 66 valence electrons. The molecule has 0 bridgehead atoms. The van der Waals surface area contributed by atoms with E-state index in [1.54, 1.807) is 6.07 Å². The molecule has 1 atom stereocenters. The molecule has 0 aliphatic rings. The maximum Gasteiger partial charge on any atom is 0.287 e. The summed E-state index contributed by atoms with van der Waals surface area (Å²) in [4.78, 5) is 13.7. The molecule has 1 aromatic rings. The number of rotatable bonds is 2. The topological polar surface area (TPSA) is 56.0 Å². The van der Waals surface area contributed by atoms with Gasteiger partial charge in [-0.15, -0.1) is 6.42 Å². The Bertz CT molecular complexity index is 351. The van der Waals surface area contributed by atoms with E-state index in [1.807, 2.05) is 6.92 Å². The molecule has 0 spiro atoms. The molecule has 1 heterocycles. The summed E-state index contributed by atoms with van der Waals surface area (Å²) >= 11 is 0. The quantitative estimate of drug-likeness (QED) is 0.391. The third-order valence-electron chi connectivity index (χ3n) is 1.68. The first-order chi connectivity index (χ1) is 6.15. The lowest BCUT2D eigenvalue weighted by Crippen LogP contribution is -1.95. The van der Waals surface area contributed by atoms with Crippen molar-refractivity contribution in [3.05, 3.63) is 34.1 Å². The average molecular weight is 176 g/mol. The second-order valence-electron chi connectivity index (χ2n) is 2.59. The third-order valence-corrected chi connectivity index (χ3v) is 1.68. The number of nitrogens with zero attached hydrogens (tertiary/aromatic N) is 2. The number of nitro groups is 1. The molecular formula is C9H8N2O2. The molecule has 4 nitrogen and oxygen atoms in total. The number of pyridine rings is 1. The largest absolute Gasteiger partial charge is 0.287 e. The minimum absolute atomic E-state index is 0.0204. The van der Waals surface area contributed by atoms with Gasteiger partial charge in [-0.05, 0) is 13.0 Å². The van der Waals surface area contributed by atoms with Gasteiger partial charge in [-0.25, -0.2) is 0 Å². The summed E-state index contributed by atoms with van der Waals surface area (Å²) in [5.74, 6) is 2.39. The van der Waals surface area contributed by atoms with Crippen LogP contribution in [0.25, 0.3) is 0 Å². The minimum atomic E-state index is -0.489. The molecule has 0 radical (unpaired) electrons. The van der Waals surface area contributed by atoms with Crippen molar-refractivity contribution in [1.82, 2.24) is 4.98 Å². The first kappa shape index (κ1) is 9.20. The lowest BCUT2D eigenvalue weighted by molar-refractivity contribution is -0.385. The highest BCUT2D eigenvalue weighted by Gasteiger charge is 2.07. The molecule has 1 aromatic heterocycles. The fourth-order valence-corrected chi connectivity index (χ4v) is 0.847. The lowest BCUT2D eigenvalue weighted by Gasteiger charge is -2.01. The zero-order valence-electron chi connectivity index (χ0n) is 7.10. The lowest BCUT2D eigenvalue weighted by atomic mass is 10.1. The van der Waals surface area contributed by atoms with Gasteiger partial charge in [0.25, 0.3) is 5.69 Å². The fourth-order valence-electron chi connectivity index (χ4n) is 0.847. The zero-order valence-corrected chi connectivity index (χ0v) is 7.10. The van der Waals surface area contributed by atoms with E-state index in [0.717, 1.165) is 0 Å². The van der Waals surface area contributed by atoms with Crippen molar-refractivity contribution in [2.75, 3.05) is 0 Å². The molecule has 0 N–H and O–H groups in total. The smallest absolute Gasteiger partial charge is 0.258 e. The zero-order chi connectivity index (χ0) is 9.84. The van der Waals surface area contributed by atoms with Gasteiger partial charge < -0.3 is 0 Å². The van der Waals surface area contributed by atoms with Crippen molar-refractivity contribution in [2.45, 2.75) is 12.8 Å². The maximum absolute atomic E-state index is 10.3. The van der Waals surface area contributed by atoms with Gasteiger partial charge in [0.2, 0.25) is 0 Å². The van der Waals surface area contributed by atoms with Crippen LogP contribution in [0.15, 0.2) is 18.3 Å². The molecule has 0 aromatic carbocycles. The molecular weight excluding hydrogens is 168 g/mol. The minimum Gasteiger partial charge on any atom is -0.258 e.